The van der Waals surface area contributed by atoms with Gasteiger partial charge in [-0.2, -0.15) is 0 Å². The van der Waals surface area contributed by atoms with Gasteiger partial charge in [0.1, 0.15) is 11.6 Å². The number of nitrogens with zero attached hydrogens (tertiary/aromatic N) is 1. The Labute approximate surface area is 162 Å². The van der Waals surface area contributed by atoms with Crippen molar-refractivity contribution in [1.29, 1.82) is 0 Å². The number of halogens is 1. The molecule has 0 saturated heterocycles. The second kappa shape index (κ2) is 7.56. The summed E-state index contributed by atoms with van der Waals surface area (Å²) in [5.41, 5.74) is 8.02. The normalized spacial score (nSPS) is 19.5. The minimum Gasteiger partial charge on any atom is -0.393 e. The molecule has 3 aromatic rings. The number of anilines is 1. The number of hydrogen-bond acceptors (Lipinski definition) is 4. The van der Waals surface area contributed by atoms with Crippen molar-refractivity contribution in [2.75, 3.05) is 5.73 Å². The van der Waals surface area contributed by atoms with E-state index in [9.17, 15) is 14.3 Å². The van der Waals surface area contributed by atoms with E-state index < -0.39 is 0 Å². The maximum atomic E-state index is 13.6. The molecule has 0 spiro atoms. The van der Waals surface area contributed by atoms with Gasteiger partial charge in [0.2, 0.25) is 0 Å². The predicted molar refractivity (Wildman–Crippen MR) is 107 cm³/mol. The highest BCUT2D eigenvalue weighted by Crippen LogP contribution is 2.29. The van der Waals surface area contributed by atoms with Crippen LogP contribution in [0.3, 0.4) is 0 Å². The second-order valence-corrected chi connectivity index (χ2v) is 7.32. The van der Waals surface area contributed by atoms with E-state index in [4.69, 9.17) is 5.73 Å². The van der Waals surface area contributed by atoms with Crippen molar-refractivity contribution in [3.8, 4) is 11.1 Å². The summed E-state index contributed by atoms with van der Waals surface area (Å²) in [5, 5.41) is 14.2. The van der Waals surface area contributed by atoms with E-state index in [1.54, 1.807) is 6.07 Å². The largest absolute Gasteiger partial charge is 0.393 e. The van der Waals surface area contributed by atoms with Gasteiger partial charge in [-0.15, -0.1) is 0 Å². The lowest BCUT2D eigenvalue weighted by atomic mass is 9.92. The number of benzene rings is 2. The van der Waals surface area contributed by atoms with Gasteiger partial charge < -0.3 is 16.2 Å². The van der Waals surface area contributed by atoms with Crippen molar-refractivity contribution in [1.82, 2.24) is 10.3 Å². The molecular formula is C22H22FN3O2. The van der Waals surface area contributed by atoms with Crippen LogP contribution in [0.5, 0.6) is 0 Å². The quantitative estimate of drug-likeness (QED) is 0.648. The van der Waals surface area contributed by atoms with Gasteiger partial charge in [0.15, 0.2) is 0 Å². The number of aliphatic hydroxyl groups is 1. The summed E-state index contributed by atoms with van der Waals surface area (Å²) in [4.78, 5) is 17.0. The molecule has 4 N–H and O–H groups in total. The van der Waals surface area contributed by atoms with Gasteiger partial charge in [-0.25, -0.2) is 9.37 Å². The minimum atomic E-state index is -0.367. The fraction of sp³-hybridized carbons (Fsp3) is 0.273. The van der Waals surface area contributed by atoms with Gasteiger partial charge in [-0.3, -0.25) is 4.79 Å². The van der Waals surface area contributed by atoms with Crippen LogP contribution >= 0.6 is 0 Å². The van der Waals surface area contributed by atoms with E-state index in [1.165, 1.54) is 18.3 Å². The summed E-state index contributed by atoms with van der Waals surface area (Å²) in [6.45, 7) is 0. The van der Waals surface area contributed by atoms with Crippen LogP contribution in [0.25, 0.3) is 21.9 Å². The SMILES string of the molecule is Nc1ncc(C(=O)N[C@H]2CCC[C@@H](O)C2)c2ccc(-c3cccc(F)c3)cc12. The Balaban J connectivity index is 1.68. The summed E-state index contributed by atoms with van der Waals surface area (Å²) in [7, 11) is 0. The maximum absolute atomic E-state index is 13.6. The van der Waals surface area contributed by atoms with Gasteiger partial charge in [0, 0.05) is 17.6 Å². The van der Waals surface area contributed by atoms with Crippen molar-refractivity contribution in [2.24, 2.45) is 0 Å². The van der Waals surface area contributed by atoms with Crippen molar-refractivity contribution < 1.29 is 14.3 Å². The van der Waals surface area contributed by atoms with Crippen molar-refractivity contribution in [2.45, 2.75) is 37.8 Å². The predicted octanol–water partition coefficient (Wildman–Crippen LogP) is 3.66. The number of carbonyl (C=O) groups is 1. The second-order valence-electron chi connectivity index (χ2n) is 7.32. The fourth-order valence-corrected chi connectivity index (χ4v) is 3.85. The topological polar surface area (TPSA) is 88.2 Å². The number of pyridine rings is 1. The molecule has 0 radical (unpaired) electrons. The smallest absolute Gasteiger partial charge is 0.253 e. The Kier molecular flexibility index (Phi) is 4.96. The third-order valence-electron chi connectivity index (χ3n) is 5.30. The molecule has 1 fully saturated rings. The van der Waals surface area contributed by atoms with Gasteiger partial charge >= 0.3 is 0 Å². The third kappa shape index (κ3) is 3.68. The van der Waals surface area contributed by atoms with Gasteiger partial charge in [0.05, 0.1) is 11.7 Å². The molecule has 0 aliphatic heterocycles. The van der Waals surface area contributed by atoms with E-state index in [0.717, 1.165) is 30.4 Å². The van der Waals surface area contributed by atoms with E-state index in [0.29, 0.717) is 28.6 Å². The van der Waals surface area contributed by atoms with Crippen LogP contribution in [0.2, 0.25) is 0 Å². The highest BCUT2D eigenvalue weighted by Gasteiger charge is 2.23. The van der Waals surface area contributed by atoms with Crippen LogP contribution in [0.4, 0.5) is 10.2 Å². The molecule has 5 nitrogen and oxygen atoms in total. The Morgan fingerprint density at radius 2 is 1.96 bits per heavy atom. The lowest BCUT2D eigenvalue weighted by Gasteiger charge is -2.26. The average molecular weight is 379 g/mol. The van der Waals surface area contributed by atoms with Crippen LogP contribution in [0, 0.1) is 5.82 Å². The van der Waals surface area contributed by atoms with E-state index in [-0.39, 0.29) is 23.9 Å². The lowest BCUT2D eigenvalue weighted by Crippen LogP contribution is -2.39. The molecule has 1 aliphatic rings. The molecule has 0 bridgehead atoms. The molecule has 2 aromatic carbocycles. The fourth-order valence-electron chi connectivity index (χ4n) is 3.85. The summed E-state index contributed by atoms with van der Waals surface area (Å²) in [6.07, 6.45) is 4.21. The highest BCUT2D eigenvalue weighted by molar-refractivity contribution is 6.09. The number of amides is 1. The molecule has 4 rings (SSSR count). The summed E-state index contributed by atoms with van der Waals surface area (Å²) < 4.78 is 13.6. The van der Waals surface area contributed by atoms with Crippen LogP contribution < -0.4 is 11.1 Å². The number of fused-ring (bicyclic) bond motifs is 1. The monoisotopic (exact) mass is 379 g/mol. The van der Waals surface area contributed by atoms with Crippen molar-refractivity contribution in [3.63, 3.8) is 0 Å². The van der Waals surface area contributed by atoms with Crippen LogP contribution in [0.15, 0.2) is 48.7 Å². The molecule has 2 atom stereocenters. The molecule has 1 aliphatic carbocycles. The molecule has 6 heteroatoms. The number of hydrogen-bond donors (Lipinski definition) is 3. The number of nitrogens with one attached hydrogen (secondary N) is 1. The Bertz CT molecular complexity index is 1040. The van der Waals surface area contributed by atoms with Crippen LogP contribution in [0.1, 0.15) is 36.0 Å². The number of aromatic nitrogens is 1. The van der Waals surface area contributed by atoms with E-state index in [2.05, 4.69) is 10.3 Å². The first-order valence-corrected chi connectivity index (χ1v) is 9.44. The molecular weight excluding hydrogens is 357 g/mol. The lowest BCUT2D eigenvalue weighted by molar-refractivity contribution is 0.0851. The molecule has 1 saturated carbocycles. The third-order valence-corrected chi connectivity index (χ3v) is 5.30. The average Bonchev–Trinajstić information content (AvgIpc) is 2.68. The van der Waals surface area contributed by atoms with E-state index >= 15 is 0 Å². The Hall–Kier alpha value is -2.99. The number of rotatable bonds is 3. The molecule has 144 valence electrons. The summed E-state index contributed by atoms with van der Waals surface area (Å²) in [5.74, 6) is -0.223. The van der Waals surface area contributed by atoms with Gasteiger partial charge in [-0.05, 0) is 60.4 Å². The molecule has 1 heterocycles. The van der Waals surface area contributed by atoms with Crippen LogP contribution in [-0.2, 0) is 0 Å². The summed E-state index contributed by atoms with van der Waals surface area (Å²) in [6, 6.07) is 11.8. The summed E-state index contributed by atoms with van der Waals surface area (Å²) >= 11 is 0. The minimum absolute atomic E-state index is 0.0459. The molecule has 1 aromatic heterocycles. The first-order valence-electron chi connectivity index (χ1n) is 9.44. The van der Waals surface area contributed by atoms with E-state index in [1.807, 2.05) is 24.3 Å². The molecule has 1 amide bonds. The number of nitrogens with two attached hydrogens (primary N) is 1. The standard InChI is InChI=1S/C22H22FN3O2/c23-15-4-1-3-13(9-15)14-7-8-18-19(10-14)21(24)25-12-20(18)22(28)26-16-5-2-6-17(27)11-16/h1,3-4,7-10,12,16-17,27H,2,5-6,11H2,(H2,24,25)(H,26,28)/t16-,17+/m0/s1. The number of carbonyl (C=O) groups excluding carboxylic acids is 1. The Morgan fingerprint density at radius 1 is 1.14 bits per heavy atom. The highest BCUT2D eigenvalue weighted by atomic mass is 19.1. The first-order chi connectivity index (χ1) is 13.5. The molecule has 0 unspecified atom stereocenters. The van der Waals surface area contributed by atoms with Crippen molar-refractivity contribution in [3.05, 3.63) is 60.0 Å². The number of nitrogen functional groups attached to an aromatic ring is 1. The molecule has 28 heavy (non-hydrogen) atoms. The zero-order valence-electron chi connectivity index (χ0n) is 15.4. The first kappa shape index (κ1) is 18.4. The maximum Gasteiger partial charge on any atom is 0.253 e. The van der Waals surface area contributed by atoms with Gasteiger partial charge in [-0.1, -0.05) is 24.3 Å². The zero-order valence-corrected chi connectivity index (χ0v) is 15.4. The number of aliphatic hydroxyl groups excluding tert-OH is 1. The van der Waals surface area contributed by atoms with Gasteiger partial charge in [0.25, 0.3) is 5.91 Å². The zero-order chi connectivity index (χ0) is 19.7. The Morgan fingerprint density at radius 3 is 2.75 bits per heavy atom. The van der Waals surface area contributed by atoms with Crippen molar-refractivity contribution >= 4 is 22.5 Å². The van der Waals surface area contributed by atoms with Crippen LogP contribution in [-0.4, -0.2) is 28.1 Å².